The van der Waals surface area contributed by atoms with Crippen LogP contribution >= 0.6 is 0 Å². The SMILES string of the molecule is Cc1cnc(C(C)Nc2ccc(N)c(OC(C)C)n2)o1. The Morgan fingerprint density at radius 2 is 2.05 bits per heavy atom. The number of oxazole rings is 1. The summed E-state index contributed by atoms with van der Waals surface area (Å²) in [4.78, 5) is 8.54. The number of aryl methyl sites for hydroxylation is 1. The zero-order chi connectivity index (χ0) is 14.7. The number of hydrogen-bond donors (Lipinski definition) is 2. The van der Waals surface area contributed by atoms with Crippen molar-refractivity contribution in [3.05, 3.63) is 30.0 Å². The average Bonchev–Trinajstić information content (AvgIpc) is 2.79. The van der Waals surface area contributed by atoms with Gasteiger partial charge in [0.15, 0.2) is 0 Å². The molecule has 0 amide bonds. The Morgan fingerprint density at radius 1 is 1.30 bits per heavy atom. The van der Waals surface area contributed by atoms with Crippen LogP contribution in [0.4, 0.5) is 11.5 Å². The van der Waals surface area contributed by atoms with Crippen LogP contribution in [0.3, 0.4) is 0 Å². The van der Waals surface area contributed by atoms with Crippen molar-refractivity contribution in [1.29, 1.82) is 0 Å². The Morgan fingerprint density at radius 3 is 2.65 bits per heavy atom. The zero-order valence-corrected chi connectivity index (χ0v) is 12.2. The minimum absolute atomic E-state index is 0.0202. The number of nitrogens with zero attached hydrogens (tertiary/aromatic N) is 2. The Kier molecular flexibility index (Phi) is 4.12. The Balaban J connectivity index is 2.13. The molecule has 0 fully saturated rings. The molecule has 0 aliphatic carbocycles. The number of nitrogens with two attached hydrogens (primary N) is 1. The summed E-state index contributed by atoms with van der Waals surface area (Å²) in [7, 11) is 0. The summed E-state index contributed by atoms with van der Waals surface area (Å²) in [6, 6.07) is 3.47. The highest BCUT2D eigenvalue weighted by Gasteiger charge is 2.13. The van der Waals surface area contributed by atoms with Gasteiger partial charge in [0.05, 0.1) is 18.0 Å². The maximum atomic E-state index is 5.84. The van der Waals surface area contributed by atoms with E-state index in [-0.39, 0.29) is 12.1 Å². The van der Waals surface area contributed by atoms with Gasteiger partial charge in [0, 0.05) is 0 Å². The van der Waals surface area contributed by atoms with Crippen molar-refractivity contribution in [3.8, 4) is 5.88 Å². The lowest BCUT2D eigenvalue weighted by molar-refractivity contribution is 0.234. The molecule has 0 bridgehead atoms. The standard InChI is InChI=1S/C14H20N4O2/c1-8(2)19-14-11(15)5-6-12(18-14)17-10(4)13-16-7-9(3)20-13/h5-8,10H,15H2,1-4H3,(H,17,18). The second-order valence-electron chi connectivity index (χ2n) is 4.93. The van der Waals surface area contributed by atoms with Crippen molar-refractivity contribution in [2.24, 2.45) is 0 Å². The van der Waals surface area contributed by atoms with Crippen LogP contribution in [0.5, 0.6) is 5.88 Å². The monoisotopic (exact) mass is 276 g/mol. The van der Waals surface area contributed by atoms with E-state index in [4.69, 9.17) is 14.9 Å². The molecule has 0 saturated heterocycles. The van der Waals surface area contributed by atoms with Gasteiger partial charge in [-0.1, -0.05) is 0 Å². The van der Waals surface area contributed by atoms with Crippen molar-refractivity contribution in [2.75, 3.05) is 11.1 Å². The molecule has 2 heterocycles. The number of anilines is 2. The molecule has 0 aromatic carbocycles. The van der Waals surface area contributed by atoms with Gasteiger partial charge in [-0.05, 0) is 39.8 Å². The van der Waals surface area contributed by atoms with Crippen LogP contribution in [-0.4, -0.2) is 16.1 Å². The molecule has 0 aliphatic rings. The van der Waals surface area contributed by atoms with E-state index in [9.17, 15) is 0 Å². The Hall–Kier alpha value is -2.24. The second-order valence-corrected chi connectivity index (χ2v) is 4.93. The van der Waals surface area contributed by atoms with Crippen molar-refractivity contribution in [2.45, 2.75) is 39.8 Å². The number of ether oxygens (including phenoxy) is 1. The molecule has 0 spiro atoms. The number of nitrogen functional groups attached to an aromatic ring is 1. The van der Waals surface area contributed by atoms with Crippen molar-refractivity contribution in [3.63, 3.8) is 0 Å². The molecule has 2 rings (SSSR count). The second kappa shape index (κ2) is 5.81. The number of hydrogen-bond acceptors (Lipinski definition) is 6. The van der Waals surface area contributed by atoms with Crippen LogP contribution in [0, 0.1) is 6.92 Å². The van der Waals surface area contributed by atoms with Crippen LogP contribution in [0.25, 0.3) is 0 Å². The normalized spacial score (nSPS) is 12.4. The number of rotatable bonds is 5. The highest BCUT2D eigenvalue weighted by atomic mass is 16.5. The van der Waals surface area contributed by atoms with Crippen LogP contribution < -0.4 is 15.8 Å². The summed E-state index contributed by atoms with van der Waals surface area (Å²) in [6.45, 7) is 7.67. The van der Waals surface area contributed by atoms with Gasteiger partial charge in [-0.2, -0.15) is 4.98 Å². The van der Waals surface area contributed by atoms with Gasteiger partial charge in [-0.25, -0.2) is 4.98 Å². The summed E-state index contributed by atoms with van der Waals surface area (Å²) in [5.74, 6) is 2.49. The van der Waals surface area contributed by atoms with Crippen LogP contribution in [0.2, 0.25) is 0 Å². The summed E-state index contributed by atoms with van der Waals surface area (Å²) in [6.07, 6.45) is 1.71. The molecular formula is C14H20N4O2. The van der Waals surface area contributed by atoms with E-state index in [0.29, 0.717) is 23.3 Å². The number of pyridine rings is 1. The van der Waals surface area contributed by atoms with Gasteiger partial charge in [0.1, 0.15) is 17.6 Å². The molecule has 2 aromatic rings. The summed E-state index contributed by atoms with van der Waals surface area (Å²) in [5.41, 5.74) is 6.35. The van der Waals surface area contributed by atoms with E-state index >= 15 is 0 Å². The predicted octanol–water partition coefficient (Wildman–Crippen LogP) is 2.92. The average molecular weight is 276 g/mol. The van der Waals surface area contributed by atoms with Crippen molar-refractivity contribution < 1.29 is 9.15 Å². The van der Waals surface area contributed by atoms with E-state index in [1.165, 1.54) is 0 Å². The summed E-state index contributed by atoms with van der Waals surface area (Å²) >= 11 is 0. The lowest BCUT2D eigenvalue weighted by atomic mass is 10.3. The Bertz CT molecular complexity index is 580. The lowest BCUT2D eigenvalue weighted by Gasteiger charge is -2.15. The lowest BCUT2D eigenvalue weighted by Crippen LogP contribution is -2.12. The first-order valence-corrected chi connectivity index (χ1v) is 6.57. The molecule has 1 atom stereocenters. The maximum absolute atomic E-state index is 5.84. The predicted molar refractivity (Wildman–Crippen MR) is 77.7 cm³/mol. The number of aromatic nitrogens is 2. The third-order valence-electron chi connectivity index (χ3n) is 2.61. The maximum Gasteiger partial charge on any atom is 0.239 e. The third-order valence-corrected chi connectivity index (χ3v) is 2.61. The van der Waals surface area contributed by atoms with Gasteiger partial charge in [0.2, 0.25) is 11.8 Å². The molecule has 1 unspecified atom stereocenters. The molecule has 2 aromatic heterocycles. The minimum Gasteiger partial charge on any atom is -0.473 e. The first-order valence-electron chi connectivity index (χ1n) is 6.57. The summed E-state index contributed by atoms with van der Waals surface area (Å²) < 4.78 is 11.0. The van der Waals surface area contributed by atoms with Crippen LogP contribution in [-0.2, 0) is 0 Å². The van der Waals surface area contributed by atoms with Gasteiger partial charge in [-0.3, -0.25) is 0 Å². The topological polar surface area (TPSA) is 86.2 Å². The third kappa shape index (κ3) is 3.40. The molecule has 20 heavy (non-hydrogen) atoms. The molecule has 0 saturated carbocycles. The Labute approximate surface area is 118 Å². The van der Waals surface area contributed by atoms with E-state index in [2.05, 4.69) is 15.3 Å². The molecular weight excluding hydrogens is 256 g/mol. The summed E-state index contributed by atoms with van der Waals surface area (Å²) in [5, 5.41) is 3.21. The fourth-order valence-corrected chi connectivity index (χ4v) is 1.71. The molecule has 0 radical (unpaired) electrons. The largest absolute Gasteiger partial charge is 0.473 e. The fraction of sp³-hybridized carbons (Fsp3) is 0.429. The van der Waals surface area contributed by atoms with Crippen LogP contribution in [0.15, 0.2) is 22.7 Å². The number of nitrogens with one attached hydrogen (secondary N) is 1. The van der Waals surface area contributed by atoms with Crippen LogP contribution in [0.1, 0.15) is 38.5 Å². The zero-order valence-electron chi connectivity index (χ0n) is 12.2. The molecule has 6 heteroatoms. The smallest absolute Gasteiger partial charge is 0.239 e. The van der Waals surface area contributed by atoms with E-state index in [0.717, 1.165) is 5.76 Å². The van der Waals surface area contributed by atoms with E-state index in [1.807, 2.05) is 27.7 Å². The van der Waals surface area contributed by atoms with Gasteiger partial charge in [0.25, 0.3) is 0 Å². The first kappa shape index (κ1) is 14.2. The van der Waals surface area contributed by atoms with Crippen molar-refractivity contribution in [1.82, 2.24) is 9.97 Å². The highest BCUT2D eigenvalue weighted by Crippen LogP contribution is 2.24. The molecule has 0 aliphatic heterocycles. The molecule has 6 nitrogen and oxygen atoms in total. The molecule has 108 valence electrons. The van der Waals surface area contributed by atoms with Gasteiger partial charge in [-0.15, -0.1) is 0 Å². The minimum atomic E-state index is -0.0910. The quantitative estimate of drug-likeness (QED) is 0.873. The van der Waals surface area contributed by atoms with E-state index in [1.54, 1.807) is 18.3 Å². The van der Waals surface area contributed by atoms with Gasteiger partial charge >= 0.3 is 0 Å². The van der Waals surface area contributed by atoms with Crippen molar-refractivity contribution >= 4 is 11.5 Å². The first-order chi connectivity index (χ1) is 9.45. The van der Waals surface area contributed by atoms with E-state index < -0.39 is 0 Å². The fourth-order valence-electron chi connectivity index (χ4n) is 1.71. The highest BCUT2D eigenvalue weighted by molar-refractivity contribution is 5.54. The molecule has 3 N–H and O–H groups in total. The van der Waals surface area contributed by atoms with Gasteiger partial charge < -0.3 is 20.2 Å².